The number of ether oxygens (including phenoxy) is 1. The number of aryl methyl sites for hydroxylation is 1. The van der Waals surface area contributed by atoms with Crippen LogP contribution in [0.15, 0.2) is 63.9 Å². The van der Waals surface area contributed by atoms with Gasteiger partial charge in [0.2, 0.25) is 9.05 Å². The normalized spacial score (nSPS) is 11.1. The highest BCUT2D eigenvalue weighted by Crippen LogP contribution is 2.29. The molecule has 0 bridgehead atoms. The van der Waals surface area contributed by atoms with E-state index in [0.717, 1.165) is 0 Å². The van der Waals surface area contributed by atoms with Crippen LogP contribution in [0, 0.1) is 18.6 Å². The summed E-state index contributed by atoms with van der Waals surface area (Å²) in [6.45, 7) is 5.69. The van der Waals surface area contributed by atoms with Gasteiger partial charge in [-0.1, -0.05) is 32.0 Å². The molecule has 0 saturated heterocycles. The SMILES string of the molecule is CC.Cc1c(Cc2cccc(CS(=O)(=O)Cl)c2F)c(=O)oc2cc(Oc3ncccc3F)ccc12. The second-order valence-corrected chi connectivity index (χ2v) is 10.1. The predicted molar refractivity (Wildman–Crippen MR) is 131 cm³/mol. The smallest absolute Gasteiger partial charge is 0.340 e. The molecule has 0 unspecified atom stereocenters. The highest BCUT2D eigenvalue weighted by Gasteiger charge is 2.18. The van der Waals surface area contributed by atoms with E-state index in [1.165, 1.54) is 42.6 Å². The second kappa shape index (κ2) is 11.0. The van der Waals surface area contributed by atoms with Gasteiger partial charge >= 0.3 is 5.63 Å². The van der Waals surface area contributed by atoms with Gasteiger partial charge in [0.1, 0.15) is 17.1 Å². The van der Waals surface area contributed by atoms with E-state index in [1.807, 2.05) is 13.8 Å². The first-order valence-electron chi connectivity index (χ1n) is 10.7. The molecular formula is C25H22ClF2NO5S. The first-order valence-corrected chi connectivity index (χ1v) is 13.1. The molecule has 2 heterocycles. The van der Waals surface area contributed by atoms with Gasteiger partial charge in [0.15, 0.2) is 5.82 Å². The van der Waals surface area contributed by atoms with Gasteiger partial charge in [0, 0.05) is 45.9 Å². The summed E-state index contributed by atoms with van der Waals surface area (Å²) in [6.07, 6.45) is 1.27. The van der Waals surface area contributed by atoms with Crippen LogP contribution in [0.3, 0.4) is 0 Å². The largest absolute Gasteiger partial charge is 0.436 e. The van der Waals surface area contributed by atoms with Crippen molar-refractivity contribution < 1.29 is 26.4 Å². The minimum Gasteiger partial charge on any atom is -0.436 e. The fraction of sp³-hybridized carbons (Fsp3) is 0.200. The Kier molecular flexibility index (Phi) is 8.24. The summed E-state index contributed by atoms with van der Waals surface area (Å²) in [6, 6.07) is 11.6. The summed E-state index contributed by atoms with van der Waals surface area (Å²) < 4.78 is 62.2. The standard InChI is InChI=1S/C23H16ClF2NO5S.C2H6/c1-13-17-8-7-16(31-22-19(25)6-3-9-27-22)11-20(17)32-23(28)18(13)10-14-4-2-5-15(21(14)26)12-33(24,29)30;1-2/h2-9,11H,10,12H2,1H3;1-2H3. The Hall–Kier alpha value is -3.30. The molecule has 0 N–H and O–H groups in total. The van der Waals surface area contributed by atoms with Gasteiger partial charge in [-0.2, -0.15) is 0 Å². The van der Waals surface area contributed by atoms with Crippen LogP contribution in [-0.4, -0.2) is 13.4 Å². The number of hydrogen-bond donors (Lipinski definition) is 0. The average molecular weight is 522 g/mol. The number of rotatable bonds is 6. The zero-order chi connectivity index (χ0) is 25.8. The van der Waals surface area contributed by atoms with E-state index in [-0.39, 0.29) is 40.3 Å². The number of benzene rings is 2. The second-order valence-electron chi connectivity index (χ2n) is 7.29. The molecule has 0 aliphatic heterocycles. The van der Waals surface area contributed by atoms with E-state index < -0.39 is 32.1 Å². The van der Waals surface area contributed by atoms with E-state index in [1.54, 1.807) is 19.1 Å². The number of nitrogens with zero attached hydrogens (tertiary/aromatic N) is 1. The number of halogens is 3. The molecule has 4 rings (SSSR count). The molecule has 0 aliphatic carbocycles. The molecule has 35 heavy (non-hydrogen) atoms. The van der Waals surface area contributed by atoms with Gasteiger partial charge in [0.05, 0.1) is 5.75 Å². The average Bonchev–Trinajstić information content (AvgIpc) is 2.81. The van der Waals surface area contributed by atoms with Crippen molar-refractivity contribution in [3.05, 3.63) is 99.0 Å². The topological polar surface area (TPSA) is 86.5 Å². The van der Waals surface area contributed by atoms with E-state index in [0.29, 0.717) is 10.9 Å². The molecular weight excluding hydrogens is 500 g/mol. The lowest BCUT2D eigenvalue weighted by molar-refractivity contribution is 0.422. The van der Waals surface area contributed by atoms with Crippen LogP contribution in [0.5, 0.6) is 11.6 Å². The summed E-state index contributed by atoms with van der Waals surface area (Å²) in [5.74, 6) is -2.06. The molecule has 10 heteroatoms. The Balaban J connectivity index is 0.00000167. The van der Waals surface area contributed by atoms with Crippen LogP contribution in [0.4, 0.5) is 8.78 Å². The molecule has 0 amide bonds. The van der Waals surface area contributed by atoms with E-state index >= 15 is 0 Å². The van der Waals surface area contributed by atoms with E-state index in [4.69, 9.17) is 19.8 Å². The number of pyridine rings is 1. The zero-order valence-electron chi connectivity index (χ0n) is 19.1. The van der Waals surface area contributed by atoms with Crippen LogP contribution in [0.25, 0.3) is 11.0 Å². The van der Waals surface area contributed by atoms with Gasteiger partial charge < -0.3 is 9.15 Å². The molecule has 0 fully saturated rings. The summed E-state index contributed by atoms with van der Waals surface area (Å²) >= 11 is 0. The Morgan fingerprint density at radius 1 is 1.06 bits per heavy atom. The summed E-state index contributed by atoms with van der Waals surface area (Å²) in [5, 5.41) is 0.582. The molecule has 4 aromatic rings. The Labute approximate surface area is 205 Å². The quantitative estimate of drug-likeness (QED) is 0.220. The van der Waals surface area contributed by atoms with Gasteiger partial charge in [0.25, 0.3) is 5.88 Å². The molecule has 0 spiro atoms. The Morgan fingerprint density at radius 2 is 1.77 bits per heavy atom. The number of hydrogen-bond acceptors (Lipinski definition) is 6. The van der Waals surface area contributed by atoms with Gasteiger partial charge in [-0.05, 0) is 42.3 Å². The van der Waals surface area contributed by atoms with Crippen molar-refractivity contribution in [2.24, 2.45) is 0 Å². The van der Waals surface area contributed by atoms with Crippen LogP contribution in [-0.2, 0) is 21.2 Å². The van der Waals surface area contributed by atoms with Crippen molar-refractivity contribution in [1.29, 1.82) is 0 Å². The summed E-state index contributed by atoms with van der Waals surface area (Å²) in [5.41, 5.74) is 0.346. The zero-order valence-corrected chi connectivity index (χ0v) is 20.7. The lowest BCUT2D eigenvalue weighted by Crippen LogP contribution is -2.12. The highest BCUT2D eigenvalue weighted by molar-refractivity contribution is 8.13. The van der Waals surface area contributed by atoms with Crippen LogP contribution in [0.2, 0.25) is 0 Å². The van der Waals surface area contributed by atoms with E-state index in [2.05, 4.69) is 4.98 Å². The fourth-order valence-corrected chi connectivity index (χ4v) is 4.40. The number of aromatic nitrogens is 1. The Morgan fingerprint density at radius 3 is 2.46 bits per heavy atom. The van der Waals surface area contributed by atoms with Crippen molar-refractivity contribution in [2.75, 3.05) is 0 Å². The lowest BCUT2D eigenvalue weighted by atomic mass is 9.98. The maximum absolute atomic E-state index is 14.8. The number of fused-ring (bicyclic) bond motifs is 1. The first-order chi connectivity index (χ1) is 16.6. The lowest BCUT2D eigenvalue weighted by Gasteiger charge is -2.11. The van der Waals surface area contributed by atoms with Gasteiger partial charge in [-0.15, -0.1) is 0 Å². The molecule has 0 saturated carbocycles. The van der Waals surface area contributed by atoms with E-state index in [9.17, 15) is 22.0 Å². The molecule has 2 aromatic heterocycles. The van der Waals surface area contributed by atoms with Crippen molar-refractivity contribution in [2.45, 2.75) is 32.9 Å². The molecule has 2 aromatic carbocycles. The minimum atomic E-state index is -3.95. The van der Waals surface area contributed by atoms with Crippen molar-refractivity contribution in [3.8, 4) is 11.6 Å². The minimum absolute atomic E-state index is 0.0890. The third kappa shape index (κ3) is 6.23. The van der Waals surface area contributed by atoms with Crippen molar-refractivity contribution in [3.63, 3.8) is 0 Å². The Bertz CT molecular complexity index is 1540. The third-order valence-electron chi connectivity index (χ3n) is 5.05. The van der Waals surface area contributed by atoms with Crippen molar-refractivity contribution >= 4 is 30.7 Å². The first kappa shape index (κ1) is 26.3. The van der Waals surface area contributed by atoms with Crippen molar-refractivity contribution in [1.82, 2.24) is 4.98 Å². The molecule has 0 radical (unpaired) electrons. The summed E-state index contributed by atoms with van der Waals surface area (Å²) in [7, 11) is 1.29. The van der Waals surface area contributed by atoms with Gasteiger partial charge in [-0.25, -0.2) is 27.0 Å². The molecule has 0 aliphatic rings. The highest BCUT2D eigenvalue weighted by atomic mass is 35.7. The van der Waals surface area contributed by atoms with Crippen LogP contribution >= 0.6 is 10.7 Å². The molecule has 184 valence electrons. The molecule has 0 atom stereocenters. The predicted octanol–water partition coefficient (Wildman–Crippen LogP) is 6.25. The van der Waals surface area contributed by atoms with Crippen LogP contribution < -0.4 is 10.4 Å². The monoisotopic (exact) mass is 521 g/mol. The summed E-state index contributed by atoms with van der Waals surface area (Å²) in [4.78, 5) is 16.5. The molecule has 6 nitrogen and oxygen atoms in total. The third-order valence-corrected chi connectivity index (χ3v) is 6.03. The maximum atomic E-state index is 14.8. The maximum Gasteiger partial charge on any atom is 0.340 e. The fourth-order valence-electron chi connectivity index (χ4n) is 3.46. The van der Waals surface area contributed by atoms with Crippen LogP contribution in [0.1, 0.15) is 36.1 Å². The van der Waals surface area contributed by atoms with Gasteiger partial charge in [-0.3, -0.25) is 0 Å².